The molecule has 146 valence electrons. The number of aromatic nitrogens is 2. The second-order valence-corrected chi connectivity index (χ2v) is 8.10. The number of carbonyl (C=O) groups excluding carboxylic acids is 1. The van der Waals surface area contributed by atoms with Crippen LogP contribution in [0, 0.1) is 0 Å². The van der Waals surface area contributed by atoms with E-state index in [-0.39, 0.29) is 24.8 Å². The number of pyridine rings is 1. The van der Waals surface area contributed by atoms with Gasteiger partial charge in [-0.3, -0.25) is 4.79 Å². The Balaban J connectivity index is 1.42. The van der Waals surface area contributed by atoms with Gasteiger partial charge >= 0.3 is 0 Å². The van der Waals surface area contributed by atoms with Crippen molar-refractivity contribution >= 4 is 23.3 Å². The highest BCUT2D eigenvalue weighted by atomic mass is 32.2. The molecule has 4 nitrogen and oxygen atoms in total. The summed E-state index contributed by atoms with van der Waals surface area (Å²) in [6.45, 7) is 0. The van der Waals surface area contributed by atoms with Crippen molar-refractivity contribution in [3.8, 4) is 0 Å². The predicted molar refractivity (Wildman–Crippen MR) is 106 cm³/mol. The van der Waals surface area contributed by atoms with E-state index in [1.54, 1.807) is 17.8 Å². The van der Waals surface area contributed by atoms with E-state index in [0.29, 0.717) is 24.2 Å². The maximum Gasteiger partial charge on any atom is 0.252 e. The Labute approximate surface area is 166 Å². The van der Waals surface area contributed by atoms with E-state index in [4.69, 9.17) is 0 Å². The van der Waals surface area contributed by atoms with E-state index in [9.17, 15) is 13.6 Å². The molecule has 0 aliphatic heterocycles. The number of amides is 1. The van der Waals surface area contributed by atoms with Gasteiger partial charge in [0.05, 0.1) is 11.3 Å². The van der Waals surface area contributed by atoms with Gasteiger partial charge in [0.15, 0.2) is 0 Å². The van der Waals surface area contributed by atoms with Gasteiger partial charge < -0.3 is 9.72 Å². The molecule has 0 unspecified atom stereocenters. The number of halogens is 2. The maximum atomic E-state index is 13.3. The Bertz CT molecular complexity index is 945. The average Bonchev–Trinajstić information content (AvgIpc) is 3.11. The summed E-state index contributed by atoms with van der Waals surface area (Å²) in [5.74, 6) is -2.15. The fourth-order valence-electron chi connectivity index (χ4n) is 3.44. The molecular weight excluding hydrogens is 380 g/mol. The summed E-state index contributed by atoms with van der Waals surface area (Å²) in [5.41, 5.74) is 2.40. The van der Waals surface area contributed by atoms with Crippen molar-refractivity contribution in [2.45, 2.75) is 48.3 Å². The normalized spacial score (nSPS) is 16.9. The zero-order chi connectivity index (χ0) is 19.6. The van der Waals surface area contributed by atoms with Gasteiger partial charge in [0.2, 0.25) is 5.92 Å². The van der Waals surface area contributed by atoms with Crippen LogP contribution in [0.5, 0.6) is 0 Å². The summed E-state index contributed by atoms with van der Waals surface area (Å²) >= 11 is 1.55. The Morgan fingerprint density at radius 3 is 2.71 bits per heavy atom. The standard InChI is InChI=1S/C21H21F2N3OS/c22-21(23)10-8-15(9-11-21)25-20(27)17-5-1-2-6-18(17)28-14-16-13-26-12-4-3-7-19(26)24-16/h1-7,12-13,15H,8-11,14H2,(H,25,27). The molecule has 0 radical (unpaired) electrons. The van der Waals surface area contributed by atoms with Gasteiger partial charge in [-0.15, -0.1) is 11.8 Å². The Morgan fingerprint density at radius 1 is 1.18 bits per heavy atom. The van der Waals surface area contributed by atoms with Gasteiger partial charge in [-0.1, -0.05) is 18.2 Å². The largest absolute Gasteiger partial charge is 0.349 e. The molecule has 0 saturated heterocycles. The van der Waals surface area contributed by atoms with Crippen LogP contribution in [0.3, 0.4) is 0 Å². The zero-order valence-corrected chi connectivity index (χ0v) is 16.1. The molecule has 1 fully saturated rings. The number of nitrogens with zero attached hydrogens (tertiary/aromatic N) is 2. The van der Waals surface area contributed by atoms with Crippen molar-refractivity contribution in [3.63, 3.8) is 0 Å². The molecule has 1 aliphatic carbocycles. The first-order valence-electron chi connectivity index (χ1n) is 9.33. The number of rotatable bonds is 5. The van der Waals surface area contributed by atoms with E-state index < -0.39 is 5.92 Å². The van der Waals surface area contributed by atoms with Gasteiger partial charge in [-0.05, 0) is 37.1 Å². The van der Waals surface area contributed by atoms with Crippen molar-refractivity contribution in [2.24, 2.45) is 0 Å². The number of alkyl halides is 2. The molecule has 0 bridgehead atoms. The minimum atomic E-state index is -2.59. The molecule has 2 heterocycles. The van der Waals surface area contributed by atoms with Crippen LogP contribution in [0.15, 0.2) is 59.8 Å². The number of carbonyl (C=O) groups is 1. The van der Waals surface area contributed by atoms with Gasteiger partial charge in [0.1, 0.15) is 5.65 Å². The summed E-state index contributed by atoms with van der Waals surface area (Å²) in [7, 11) is 0. The number of benzene rings is 1. The first kappa shape index (κ1) is 18.9. The van der Waals surface area contributed by atoms with Crippen LogP contribution in [-0.4, -0.2) is 27.3 Å². The summed E-state index contributed by atoms with van der Waals surface area (Å²) in [4.78, 5) is 18.2. The summed E-state index contributed by atoms with van der Waals surface area (Å²) in [6, 6.07) is 13.0. The highest BCUT2D eigenvalue weighted by Crippen LogP contribution is 2.33. The fraction of sp³-hybridized carbons (Fsp3) is 0.333. The molecule has 7 heteroatoms. The molecule has 2 aromatic heterocycles. The molecule has 3 aromatic rings. The summed E-state index contributed by atoms with van der Waals surface area (Å²) in [6.07, 6.45) is 4.23. The number of hydrogen-bond acceptors (Lipinski definition) is 3. The Morgan fingerprint density at radius 2 is 1.93 bits per heavy atom. The van der Waals surface area contributed by atoms with E-state index in [1.165, 1.54) is 0 Å². The van der Waals surface area contributed by atoms with Crippen LogP contribution >= 0.6 is 11.8 Å². The SMILES string of the molecule is O=C(NC1CCC(F)(F)CC1)c1ccccc1SCc1cn2ccccc2n1. The van der Waals surface area contributed by atoms with E-state index in [2.05, 4.69) is 10.3 Å². The van der Waals surface area contributed by atoms with Gasteiger partial charge in [0.25, 0.3) is 5.91 Å². The average molecular weight is 401 g/mol. The van der Waals surface area contributed by atoms with Gasteiger partial charge in [-0.25, -0.2) is 13.8 Å². The quantitative estimate of drug-likeness (QED) is 0.617. The van der Waals surface area contributed by atoms with E-state index in [0.717, 1.165) is 16.2 Å². The van der Waals surface area contributed by atoms with E-state index >= 15 is 0 Å². The summed E-state index contributed by atoms with van der Waals surface area (Å²) in [5, 5.41) is 2.93. The molecule has 1 amide bonds. The number of nitrogens with one attached hydrogen (secondary N) is 1. The van der Waals surface area contributed by atoms with Crippen molar-refractivity contribution in [3.05, 3.63) is 66.1 Å². The zero-order valence-electron chi connectivity index (χ0n) is 15.3. The topological polar surface area (TPSA) is 46.4 Å². The Kier molecular flexibility index (Phi) is 5.35. The lowest BCUT2D eigenvalue weighted by Crippen LogP contribution is -2.40. The first-order chi connectivity index (χ1) is 13.5. The molecule has 0 spiro atoms. The molecule has 1 saturated carbocycles. The molecule has 1 aliphatic rings. The van der Waals surface area contributed by atoms with Crippen LogP contribution in [0.2, 0.25) is 0 Å². The third kappa shape index (κ3) is 4.35. The second kappa shape index (κ2) is 7.91. The third-order valence-electron chi connectivity index (χ3n) is 4.97. The molecule has 28 heavy (non-hydrogen) atoms. The molecule has 4 rings (SSSR count). The second-order valence-electron chi connectivity index (χ2n) is 7.09. The number of fused-ring (bicyclic) bond motifs is 1. The first-order valence-corrected chi connectivity index (χ1v) is 10.3. The van der Waals surface area contributed by atoms with Crippen molar-refractivity contribution in [1.29, 1.82) is 0 Å². The Hall–Kier alpha value is -2.41. The lowest BCUT2D eigenvalue weighted by atomic mass is 9.92. The van der Waals surface area contributed by atoms with Crippen LogP contribution in [0.4, 0.5) is 8.78 Å². The highest BCUT2D eigenvalue weighted by molar-refractivity contribution is 7.98. The predicted octanol–water partition coefficient (Wildman–Crippen LogP) is 4.93. The molecule has 1 N–H and O–H groups in total. The number of imidazole rings is 1. The smallest absolute Gasteiger partial charge is 0.252 e. The number of thioether (sulfide) groups is 1. The van der Waals surface area contributed by atoms with Crippen LogP contribution in [-0.2, 0) is 5.75 Å². The van der Waals surface area contributed by atoms with E-state index in [1.807, 2.05) is 53.2 Å². The molecule has 1 aromatic carbocycles. The fourth-order valence-corrected chi connectivity index (χ4v) is 4.37. The van der Waals surface area contributed by atoms with Crippen LogP contribution in [0.1, 0.15) is 41.7 Å². The molecular formula is C21H21F2N3OS. The minimum absolute atomic E-state index is 0.164. The monoisotopic (exact) mass is 401 g/mol. The lowest BCUT2D eigenvalue weighted by Gasteiger charge is -2.29. The third-order valence-corrected chi connectivity index (χ3v) is 6.08. The number of hydrogen-bond donors (Lipinski definition) is 1. The lowest BCUT2D eigenvalue weighted by molar-refractivity contribution is -0.0399. The highest BCUT2D eigenvalue weighted by Gasteiger charge is 2.35. The minimum Gasteiger partial charge on any atom is -0.349 e. The molecule has 0 atom stereocenters. The van der Waals surface area contributed by atoms with Crippen LogP contribution < -0.4 is 5.32 Å². The van der Waals surface area contributed by atoms with Crippen molar-refractivity contribution < 1.29 is 13.6 Å². The van der Waals surface area contributed by atoms with Gasteiger partial charge in [0, 0.05) is 41.9 Å². The summed E-state index contributed by atoms with van der Waals surface area (Å²) < 4.78 is 28.6. The maximum absolute atomic E-state index is 13.3. The van der Waals surface area contributed by atoms with Crippen LogP contribution in [0.25, 0.3) is 5.65 Å². The van der Waals surface area contributed by atoms with Gasteiger partial charge in [-0.2, -0.15) is 0 Å². The van der Waals surface area contributed by atoms with Crippen molar-refractivity contribution in [2.75, 3.05) is 0 Å². The van der Waals surface area contributed by atoms with Crippen molar-refractivity contribution in [1.82, 2.24) is 14.7 Å².